The Labute approximate surface area is 120 Å². The van der Waals surface area contributed by atoms with Crippen molar-refractivity contribution in [3.8, 4) is 0 Å². The van der Waals surface area contributed by atoms with Crippen LogP contribution in [0.2, 0.25) is 0 Å². The van der Waals surface area contributed by atoms with E-state index in [9.17, 15) is 9.90 Å². The van der Waals surface area contributed by atoms with Gasteiger partial charge in [-0.25, -0.2) is 0 Å². The molecule has 1 N–H and O–H groups in total. The van der Waals surface area contributed by atoms with Crippen molar-refractivity contribution in [3.63, 3.8) is 0 Å². The van der Waals surface area contributed by atoms with Gasteiger partial charge in [0.15, 0.2) is 5.12 Å². The van der Waals surface area contributed by atoms with E-state index < -0.39 is 6.10 Å². The number of hydrogen-bond donors (Lipinski definition) is 1. The molecule has 0 radical (unpaired) electrons. The highest BCUT2D eigenvalue weighted by Crippen LogP contribution is 2.27. The molecule has 0 spiro atoms. The third-order valence-electron chi connectivity index (χ3n) is 2.85. The summed E-state index contributed by atoms with van der Waals surface area (Å²) in [4.78, 5) is 11.8. The van der Waals surface area contributed by atoms with Crippen LogP contribution in [0.1, 0.15) is 39.7 Å². The van der Waals surface area contributed by atoms with Crippen molar-refractivity contribution in [2.45, 2.75) is 51.4 Å². The van der Waals surface area contributed by atoms with Gasteiger partial charge in [0, 0.05) is 11.2 Å². The van der Waals surface area contributed by atoms with Gasteiger partial charge in [-0.2, -0.15) is 0 Å². The maximum absolute atomic E-state index is 11.8. The highest BCUT2D eigenvalue weighted by molar-refractivity contribution is 8.14. The van der Waals surface area contributed by atoms with Gasteiger partial charge in [0.05, 0.1) is 6.10 Å². The molecule has 0 heterocycles. The predicted octanol–water partition coefficient (Wildman–Crippen LogP) is 3.67. The Morgan fingerprint density at radius 1 is 1.26 bits per heavy atom. The second-order valence-corrected chi connectivity index (χ2v) is 7.91. The maximum atomic E-state index is 11.8. The van der Waals surface area contributed by atoms with E-state index in [1.807, 2.05) is 45.9 Å². The molecule has 0 unspecified atom stereocenters. The van der Waals surface area contributed by atoms with E-state index in [1.165, 1.54) is 17.3 Å². The Kier molecular flexibility index (Phi) is 6.08. The van der Waals surface area contributed by atoms with E-state index in [0.29, 0.717) is 0 Å². The largest absolute Gasteiger partial charge is 0.392 e. The maximum Gasteiger partial charge on any atom is 0.192 e. The summed E-state index contributed by atoms with van der Waals surface area (Å²) in [6, 6.07) is 10.1. The first-order chi connectivity index (χ1) is 8.78. The minimum atomic E-state index is -0.567. The van der Waals surface area contributed by atoms with Crippen LogP contribution in [0.25, 0.3) is 0 Å². The predicted molar refractivity (Wildman–Crippen MR) is 82.3 cm³/mol. The summed E-state index contributed by atoms with van der Waals surface area (Å²) in [5.74, 6) is 0.0897. The summed E-state index contributed by atoms with van der Waals surface area (Å²) in [6.07, 6.45) is 0.466. The van der Waals surface area contributed by atoms with Crippen molar-refractivity contribution in [2.24, 2.45) is 5.92 Å². The number of hydrogen-bond acceptors (Lipinski definition) is 3. The van der Waals surface area contributed by atoms with Crippen molar-refractivity contribution in [1.29, 1.82) is 0 Å². The Bertz CT molecular complexity index is 395. The van der Waals surface area contributed by atoms with E-state index in [1.54, 1.807) is 0 Å². The first-order valence-electron chi connectivity index (χ1n) is 6.72. The summed E-state index contributed by atoms with van der Waals surface area (Å²) in [6.45, 7) is 8.02. The molecular formula is C16H24O2S. The van der Waals surface area contributed by atoms with Crippen LogP contribution in [0.15, 0.2) is 30.3 Å². The van der Waals surface area contributed by atoms with Crippen molar-refractivity contribution in [3.05, 3.63) is 35.9 Å². The van der Waals surface area contributed by atoms with Gasteiger partial charge in [0.1, 0.15) is 0 Å². The third-order valence-corrected chi connectivity index (χ3v) is 3.86. The van der Waals surface area contributed by atoms with Crippen molar-refractivity contribution in [1.82, 2.24) is 0 Å². The smallest absolute Gasteiger partial charge is 0.192 e. The minimum absolute atomic E-state index is 0.0694. The van der Waals surface area contributed by atoms with Crippen molar-refractivity contribution < 1.29 is 9.90 Å². The van der Waals surface area contributed by atoms with E-state index >= 15 is 0 Å². The molecule has 3 heteroatoms. The van der Waals surface area contributed by atoms with Crippen LogP contribution in [0.3, 0.4) is 0 Å². The van der Waals surface area contributed by atoms with E-state index in [0.717, 1.165) is 6.42 Å². The molecule has 0 aliphatic rings. The lowest BCUT2D eigenvalue weighted by Gasteiger charge is -2.21. The number of rotatable bonds is 5. The molecule has 0 bridgehead atoms. The molecule has 1 rings (SSSR count). The quantitative estimate of drug-likeness (QED) is 0.894. The Morgan fingerprint density at radius 3 is 2.37 bits per heavy atom. The number of aliphatic hydroxyl groups excluding tert-OH is 1. The monoisotopic (exact) mass is 280 g/mol. The van der Waals surface area contributed by atoms with Crippen molar-refractivity contribution in [2.75, 3.05) is 0 Å². The van der Waals surface area contributed by atoms with Crippen LogP contribution in [0.5, 0.6) is 0 Å². The fourth-order valence-electron chi connectivity index (χ4n) is 1.88. The summed E-state index contributed by atoms with van der Waals surface area (Å²) in [5, 5.41) is 10.2. The van der Waals surface area contributed by atoms with Crippen LogP contribution in [0, 0.1) is 5.92 Å². The first-order valence-corrected chi connectivity index (χ1v) is 7.53. The molecule has 2 nitrogen and oxygen atoms in total. The molecule has 1 aromatic rings. The molecule has 0 aliphatic carbocycles. The van der Waals surface area contributed by atoms with Crippen molar-refractivity contribution >= 4 is 16.9 Å². The highest BCUT2D eigenvalue weighted by atomic mass is 32.2. The average Bonchev–Trinajstić information content (AvgIpc) is 2.27. The van der Waals surface area contributed by atoms with E-state index in [-0.39, 0.29) is 22.2 Å². The molecule has 0 amide bonds. The lowest BCUT2D eigenvalue weighted by molar-refractivity contribution is -0.113. The fraction of sp³-hybridized carbons (Fsp3) is 0.562. The van der Waals surface area contributed by atoms with Gasteiger partial charge in [-0.05, 0) is 17.9 Å². The number of carbonyl (C=O) groups is 1. The fourth-order valence-corrected chi connectivity index (χ4v) is 2.81. The second-order valence-electron chi connectivity index (χ2n) is 6.02. The Balaban J connectivity index is 2.45. The average molecular weight is 280 g/mol. The summed E-state index contributed by atoms with van der Waals surface area (Å²) >= 11 is 1.31. The molecule has 19 heavy (non-hydrogen) atoms. The first kappa shape index (κ1) is 16.3. The lowest BCUT2D eigenvalue weighted by Crippen LogP contribution is -2.24. The zero-order valence-electron chi connectivity index (χ0n) is 12.2. The van der Waals surface area contributed by atoms with Gasteiger partial charge < -0.3 is 5.11 Å². The van der Waals surface area contributed by atoms with E-state index in [2.05, 4.69) is 12.1 Å². The molecular weight excluding hydrogens is 256 g/mol. The van der Waals surface area contributed by atoms with Gasteiger partial charge in [-0.1, -0.05) is 69.8 Å². The van der Waals surface area contributed by atoms with Gasteiger partial charge >= 0.3 is 0 Å². The zero-order valence-corrected chi connectivity index (χ0v) is 13.0. The third kappa shape index (κ3) is 6.79. The van der Waals surface area contributed by atoms with Crippen LogP contribution < -0.4 is 0 Å². The number of thioether (sulfide) groups is 1. The van der Waals surface area contributed by atoms with Crippen LogP contribution in [0.4, 0.5) is 0 Å². The number of carbonyl (C=O) groups excluding carboxylic acids is 1. The minimum Gasteiger partial charge on any atom is -0.392 e. The highest BCUT2D eigenvalue weighted by Gasteiger charge is 2.22. The van der Waals surface area contributed by atoms with Gasteiger partial charge in [-0.15, -0.1) is 0 Å². The SMILES string of the molecule is C[C@H](Cc1ccccc1)[C@@H](O)CC(=O)SC(C)(C)C. The topological polar surface area (TPSA) is 37.3 Å². The second kappa shape index (κ2) is 7.11. The summed E-state index contributed by atoms with van der Waals surface area (Å²) in [5.41, 5.74) is 1.20. The molecule has 0 saturated heterocycles. The lowest BCUT2D eigenvalue weighted by atomic mass is 9.94. The van der Waals surface area contributed by atoms with Gasteiger partial charge in [-0.3, -0.25) is 4.79 Å². The van der Waals surface area contributed by atoms with Crippen LogP contribution in [-0.2, 0) is 11.2 Å². The molecule has 2 atom stereocenters. The summed E-state index contributed by atoms with van der Waals surface area (Å²) in [7, 11) is 0. The van der Waals surface area contributed by atoms with Gasteiger partial charge in [0.25, 0.3) is 0 Å². The molecule has 1 aromatic carbocycles. The molecule has 0 aliphatic heterocycles. The number of benzene rings is 1. The van der Waals surface area contributed by atoms with Gasteiger partial charge in [0.2, 0.25) is 0 Å². The number of aliphatic hydroxyl groups is 1. The Hall–Kier alpha value is -0.800. The standard InChI is InChI=1S/C16H24O2S/c1-12(10-13-8-6-5-7-9-13)14(17)11-15(18)19-16(2,3)4/h5-9,12,14,17H,10-11H2,1-4H3/t12-,14+/m1/s1. The molecule has 0 saturated carbocycles. The molecule has 0 aromatic heterocycles. The van der Waals surface area contributed by atoms with Crippen LogP contribution >= 0.6 is 11.8 Å². The van der Waals surface area contributed by atoms with E-state index in [4.69, 9.17) is 0 Å². The zero-order chi connectivity index (χ0) is 14.5. The molecule has 0 fully saturated rings. The summed E-state index contributed by atoms with van der Waals surface area (Å²) < 4.78 is -0.0839. The molecule has 106 valence electrons. The normalized spacial score (nSPS) is 15.0. The van der Waals surface area contributed by atoms with Crippen LogP contribution in [-0.4, -0.2) is 21.1 Å². The Morgan fingerprint density at radius 2 is 1.84 bits per heavy atom.